The van der Waals surface area contributed by atoms with Gasteiger partial charge in [-0.25, -0.2) is 0 Å². The Bertz CT molecular complexity index is 145. The predicted molar refractivity (Wildman–Crippen MR) is 63.4 cm³/mol. The van der Waals surface area contributed by atoms with Crippen molar-refractivity contribution < 1.29 is 0 Å². The molecule has 14 heavy (non-hydrogen) atoms. The molecule has 0 amide bonds. The van der Waals surface area contributed by atoms with Gasteiger partial charge in [-0.05, 0) is 44.1 Å². The van der Waals surface area contributed by atoms with E-state index in [1.165, 1.54) is 32.1 Å². The average molecular weight is 197 g/mol. The molecule has 84 valence electrons. The van der Waals surface area contributed by atoms with Crippen molar-refractivity contribution in [1.82, 2.24) is 5.32 Å². The highest BCUT2D eigenvalue weighted by molar-refractivity contribution is 4.80. The van der Waals surface area contributed by atoms with Gasteiger partial charge < -0.3 is 5.32 Å². The lowest BCUT2D eigenvalue weighted by Crippen LogP contribution is -2.36. The van der Waals surface area contributed by atoms with Crippen LogP contribution in [0, 0.1) is 17.8 Å². The van der Waals surface area contributed by atoms with Crippen molar-refractivity contribution >= 4 is 0 Å². The molecular formula is C13H27N. The van der Waals surface area contributed by atoms with E-state index >= 15 is 0 Å². The van der Waals surface area contributed by atoms with Crippen LogP contribution in [0.15, 0.2) is 0 Å². The lowest BCUT2D eigenvalue weighted by atomic mass is 9.77. The molecule has 0 aliphatic heterocycles. The second kappa shape index (κ2) is 5.75. The van der Waals surface area contributed by atoms with E-state index in [4.69, 9.17) is 0 Å². The maximum atomic E-state index is 3.52. The average Bonchev–Trinajstić information content (AvgIpc) is 2.15. The normalized spacial score (nSPS) is 30.6. The van der Waals surface area contributed by atoms with Crippen LogP contribution in [0.5, 0.6) is 0 Å². The van der Waals surface area contributed by atoms with Crippen molar-refractivity contribution in [1.29, 1.82) is 0 Å². The third kappa shape index (κ3) is 3.61. The summed E-state index contributed by atoms with van der Waals surface area (Å²) in [6.45, 7) is 7.05. The Morgan fingerprint density at radius 3 is 2.14 bits per heavy atom. The van der Waals surface area contributed by atoms with Gasteiger partial charge in [-0.2, -0.15) is 0 Å². The second-order valence-electron chi connectivity index (χ2n) is 5.54. The lowest BCUT2D eigenvalue weighted by molar-refractivity contribution is 0.217. The van der Waals surface area contributed by atoms with Crippen molar-refractivity contribution in [2.45, 2.75) is 58.9 Å². The first kappa shape index (κ1) is 12.0. The maximum absolute atomic E-state index is 3.52. The van der Waals surface area contributed by atoms with E-state index in [9.17, 15) is 0 Å². The van der Waals surface area contributed by atoms with Crippen LogP contribution in [0.2, 0.25) is 0 Å². The molecule has 1 atom stereocenters. The van der Waals surface area contributed by atoms with Crippen molar-refractivity contribution in [3.05, 3.63) is 0 Å². The molecule has 0 bridgehead atoms. The van der Waals surface area contributed by atoms with E-state index in [1.807, 2.05) is 0 Å². The van der Waals surface area contributed by atoms with Gasteiger partial charge in [-0.3, -0.25) is 0 Å². The molecule has 0 spiro atoms. The van der Waals surface area contributed by atoms with Gasteiger partial charge in [0.2, 0.25) is 0 Å². The first-order chi connectivity index (χ1) is 6.63. The minimum Gasteiger partial charge on any atom is -0.317 e. The Hall–Kier alpha value is -0.0400. The third-order valence-corrected chi connectivity index (χ3v) is 3.73. The Labute approximate surface area is 89.7 Å². The van der Waals surface area contributed by atoms with Gasteiger partial charge in [0.1, 0.15) is 0 Å². The molecule has 0 aromatic heterocycles. The zero-order valence-corrected chi connectivity index (χ0v) is 10.3. The smallest absolute Gasteiger partial charge is 0.00947 e. The van der Waals surface area contributed by atoms with Crippen LogP contribution in [0.25, 0.3) is 0 Å². The molecule has 1 heteroatoms. The van der Waals surface area contributed by atoms with Crippen molar-refractivity contribution in [3.63, 3.8) is 0 Å². The van der Waals surface area contributed by atoms with Crippen molar-refractivity contribution in [2.24, 2.45) is 17.8 Å². The van der Waals surface area contributed by atoms with E-state index in [1.54, 1.807) is 0 Å². The minimum absolute atomic E-state index is 0.766. The first-order valence-corrected chi connectivity index (χ1v) is 6.30. The molecule has 1 fully saturated rings. The fraction of sp³-hybridized carbons (Fsp3) is 1.00. The maximum Gasteiger partial charge on any atom is 0.00947 e. The number of hydrogen-bond donors (Lipinski definition) is 1. The highest BCUT2D eigenvalue weighted by Gasteiger charge is 2.25. The summed E-state index contributed by atoms with van der Waals surface area (Å²) in [7, 11) is 2.13. The van der Waals surface area contributed by atoms with Gasteiger partial charge in [0, 0.05) is 6.04 Å². The Kier molecular flexibility index (Phi) is 4.94. The second-order valence-corrected chi connectivity index (χ2v) is 5.54. The van der Waals surface area contributed by atoms with Gasteiger partial charge >= 0.3 is 0 Å². The number of nitrogens with one attached hydrogen (secondary N) is 1. The summed E-state index contributed by atoms with van der Waals surface area (Å²) in [5.74, 6) is 2.74. The molecule has 1 aliphatic rings. The molecule has 0 saturated heterocycles. The monoisotopic (exact) mass is 197 g/mol. The summed E-state index contributed by atoms with van der Waals surface area (Å²) in [6.07, 6.45) is 7.12. The summed E-state index contributed by atoms with van der Waals surface area (Å²) in [5.41, 5.74) is 0. The standard InChI is InChI=1S/C13H27N/c1-10(2)9-13(14-4)12-7-5-11(3)6-8-12/h10-14H,5-9H2,1-4H3. The van der Waals surface area contributed by atoms with Crippen LogP contribution in [-0.4, -0.2) is 13.1 Å². The van der Waals surface area contributed by atoms with E-state index in [0.717, 1.165) is 23.8 Å². The van der Waals surface area contributed by atoms with Crippen molar-refractivity contribution in [3.8, 4) is 0 Å². The van der Waals surface area contributed by atoms with E-state index in [2.05, 4.69) is 33.1 Å². The largest absolute Gasteiger partial charge is 0.317 e. The topological polar surface area (TPSA) is 12.0 Å². The van der Waals surface area contributed by atoms with E-state index < -0.39 is 0 Å². The summed E-state index contributed by atoms with van der Waals surface area (Å²) in [6, 6.07) is 0.766. The Morgan fingerprint density at radius 2 is 1.71 bits per heavy atom. The van der Waals surface area contributed by atoms with Crippen LogP contribution >= 0.6 is 0 Å². The van der Waals surface area contributed by atoms with Crippen LogP contribution in [0.3, 0.4) is 0 Å². The molecule has 1 N–H and O–H groups in total. The van der Waals surface area contributed by atoms with Gasteiger partial charge in [0.05, 0.1) is 0 Å². The molecule has 1 nitrogen and oxygen atoms in total. The Morgan fingerprint density at radius 1 is 1.14 bits per heavy atom. The zero-order chi connectivity index (χ0) is 10.6. The molecule has 0 radical (unpaired) electrons. The fourth-order valence-electron chi connectivity index (χ4n) is 2.74. The van der Waals surface area contributed by atoms with Crippen LogP contribution < -0.4 is 5.32 Å². The summed E-state index contributed by atoms with van der Waals surface area (Å²) in [5, 5.41) is 3.52. The molecule has 1 unspecified atom stereocenters. The summed E-state index contributed by atoms with van der Waals surface area (Å²) >= 11 is 0. The lowest BCUT2D eigenvalue weighted by Gasteiger charge is -2.33. The molecular weight excluding hydrogens is 170 g/mol. The first-order valence-electron chi connectivity index (χ1n) is 6.30. The molecule has 1 rings (SSSR count). The molecule has 0 aromatic rings. The molecule has 0 heterocycles. The zero-order valence-electron chi connectivity index (χ0n) is 10.3. The quantitative estimate of drug-likeness (QED) is 0.728. The highest BCUT2D eigenvalue weighted by atomic mass is 14.9. The molecule has 1 saturated carbocycles. The van der Waals surface area contributed by atoms with Gasteiger partial charge in [-0.15, -0.1) is 0 Å². The summed E-state index contributed by atoms with van der Waals surface area (Å²) < 4.78 is 0. The number of hydrogen-bond acceptors (Lipinski definition) is 1. The van der Waals surface area contributed by atoms with Crippen LogP contribution in [-0.2, 0) is 0 Å². The molecule has 0 aromatic carbocycles. The summed E-state index contributed by atoms with van der Waals surface area (Å²) in [4.78, 5) is 0. The number of rotatable bonds is 4. The van der Waals surface area contributed by atoms with Crippen LogP contribution in [0.1, 0.15) is 52.9 Å². The van der Waals surface area contributed by atoms with Gasteiger partial charge in [0.25, 0.3) is 0 Å². The van der Waals surface area contributed by atoms with E-state index in [0.29, 0.717) is 0 Å². The predicted octanol–water partition coefficient (Wildman–Crippen LogP) is 3.45. The minimum atomic E-state index is 0.766. The third-order valence-electron chi connectivity index (χ3n) is 3.73. The Balaban J connectivity index is 2.36. The SMILES string of the molecule is CNC(CC(C)C)C1CCC(C)CC1. The molecule has 1 aliphatic carbocycles. The van der Waals surface area contributed by atoms with E-state index in [-0.39, 0.29) is 0 Å². The van der Waals surface area contributed by atoms with Gasteiger partial charge in [0.15, 0.2) is 0 Å². The van der Waals surface area contributed by atoms with Crippen LogP contribution in [0.4, 0.5) is 0 Å². The fourth-order valence-corrected chi connectivity index (χ4v) is 2.74. The van der Waals surface area contributed by atoms with Gasteiger partial charge in [-0.1, -0.05) is 33.6 Å². The van der Waals surface area contributed by atoms with Crippen molar-refractivity contribution in [2.75, 3.05) is 7.05 Å². The highest BCUT2D eigenvalue weighted by Crippen LogP contribution is 2.32.